The highest BCUT2D eigenvalue weighted by Gasteiger charge is 2.28. The number of thiophene rings is 1. The van der Waals surface area contributed by atoms with Crippen LogP contribution in [0.1, 0.15) is 64.2 Å². The van der Waals surface area contributed by atoms with Crippen molar-refractivity contribution in [3.05, 3.63) is 41.3 Å². The van der Waals surface area contributed by atoms with Crippen LogP contribution in [0.5, 0.6) is 5.75 Å². The third kappa shape index (κ3) is 9.80. The number of nitrogens with two attached hydrogens (primary N) is 1. The lowest BCUT2D eigenvalue weighted by molar-refractivity contribution is -0.153. The first-order chi connectivity index (χ1) is 19.5. The summed E-state index contributed by atoms with van der Waals surface area (Å²) in [6.45, 7) is 5.61. The van der Waals surface area contributed by atoms with E-state index in [1.165, 1.54) is 24.1 Å². The number of unbranched alkanes of at least 4 members (excludes halogenated alkanes) is 2. The number of esters is 1. The lowest BCUT2D eigenvalue weighted by atomic mass is 9.94. The topological polar surface area (TPSA) is 156 Å². The highest BCUT2D eigenvalue weighted by Crippen LogP contribution is 2.34. The van der Waals surface area contributed by atoms with Gasteiger partial charge in [-0.05, 0) is 69.9 Å². The molecule has 2 heterocycles. The van der Waals surface area contributed by atoms with Gasteiger partial charge in [-0.25, -0.2) is 0 Å². The molecule has 0 aliphatic heterocycles. The molecule has 228 valence electrons. The van der Waals surface area contributed by atoms with Crippen LogP contribution in [0.2, 0.25) is 0 Å². The van der Waals surface area contributed by atoms with Crippen LogP contribution in [0, 0.1) is 5.41 Å². The van der Waals surface area contributed by atoms with Gasteiger partial charge in [0, 0.05) is 29.3 Å². The van der Waals surface area contributed by atoms with Gasteiger partial charge in [0.25, 0.3) is 0 Å². The monoisotopic (exact) mass is 591 g/mol. The maximum Gasteiger partial charge on any atom is 0.312 e. The van der Waals surface area contributed by atoms with Crippen molar-refractivity contribution in [3.63, 3.8) is 0 Å². The third-order valence-corrected chi connectivity index (χ3v) is 8.31. The van der Waals surface area contributed by atoms with E-state index in [2.05, 4.69) is 19.1 Å². The largest absolute Gasteiger partial charge is 0.491 e. The van der Waals surface area contributed by atoms with E-state index in [-0.39, 0.29) is 32.6 Å². The van der Waals surface area contributed by atoms with Gasteiger partial charge in [-0.15, -0.1) is 11.3 Å². The van der Waals surface area contributed by atoms with Crippen molar-refractivity contribution in [2.45, 2.75) is 90.1 Å². The van der Waals surface area contributed by atoms with Crippen molar-refractivity contribution in [1.82, 2.24) is 0 Å². The molecule has 0 amide bonds. The molecule has 4 atom stereocenters. The summed E-state index contributed by atoms with van der Waals surface area (Å²) in [5.74, 6) is 0.850. The van der Waals surface area contributed by atoms with Crippen LogP contribution in [0.25, 0.3) is 21.6 Å². The number of aryl methyl sites for hydroxylation is 1. The zero-order chi connectivity index (χ0) is 30.0. The normalized spacial score (nSPS) is 15.0. The zero-order valence-electron chi connectivity index (χ0n) is 24.3. The van der Waals surface area contributed by atoms with Crippen LogP contribution in [-0.2, 0) is 16.0 Å². The Balaban J connectivity index is 1.43. The van der Waals surface area contributed by atoms with Gasteiger partial charge in [-0.1, -0.05) is 19.8 Å². The van der Waals surface area contributed by atoms with Gasteiger partial charge in [0.05, 0.1) is 35.2 Å². The van der Waals surface area contributed by atoms with Crippen molar-refractivity contribution in [1.29, 1.82) is 0 Å². The summed E-state index contributed by atoms with van der Waals surface area (Å²) >= 11 is 1.74. The number of ether oxygens (including phenoxy) is 2. The van der Waals surface area contributed by atoms with Gasteiger partial charge in [0.2, 0.25) is 0 Å². The second-order valence-electron chi connectivity index (χ2n) is 11.2. The Morgan fingerprint density at radius 3 is 2.49 bits per heavy atom. The number of fused-ring (bicyclic) bond motifs is 1. The maximum atomic E-state index is 11.9. The van der Waals surface area contributed by atoms with Crippen LogP contribution in [0.4, 0.5) is 0 Å². The predicted octanol–water partition coefficient (Wildman–Crippen LogP) is 4.41. The number of furan rings is 1. The zero-order valence-corrected chi connectivity index (χ0v) is 25.1. The number of benzene rings is 1. The van der Waals surface area contributed by atoms with Crippen molar-refractivity contribution in [2.24, 2.45) is 11.1 Å². The molecule has 0 fully saturated rings. The predicted molar refractivity (Wildman–Crippen MR) is 160 cm³/mol. The summed E-state index contributed by atoms with van der Waals surface area (Å²) in [5.41, 5.74) is 5.43. The van der Waals surface area contributed by atoms with Gasteiger partial charge in [0.15, 0.2) is 0 Å². The van der Waals surface area contributed by atoms with Crippen molar-refractivity contribution in [3.8, 4) is 16.4 Å². The van der Waals surface area contributed by atoms with Gasteiger partial charge < -0.3 is 40.1 Å². The second kappa shape index (κ2) is 15.7. The average molecular weight is 592 g/mol. The van der Waals surface area contributed by atoms with E-state index in [1.54, 1.807) is 37.3 Å². The lowest BCUT2D eigenvalue weighted by Crippen LogP contribution is -2.38. The van der Waals surface area contributed by atoms with E-state index < -0.39 is 35.8 Å². The molecule has 0 aliphatic rings. The molecule has 1 aromatic carbocycles. The minimum atomic E-state index is -1.31. The minimum absolute atomic E-state index is 0.0833. The molecule has 4 unspecified atom stereocenters. The molecule has 9 nitrogen and oxygen atoms in total. The molecule has 3 aromatic rings. The molecule has 0 spiro atoms. The number of aliphatic hydroxyl groups excluding tert-OH is 4. The van der Waals surface area contributed by atoms with Crippen molar-refractivity contribution < 1.29 is 39.1 Å². The number of aliphatic hydroxyl groups is 4. The molecule has 0 radical (unpaired) electrons. The quantitative estimate of drug-likeness (QED) is 0.107. The molecule has 41 heavy (non-hydrogen) atoms. The van der Waals surface area contributed by atoms with Crippen molar-refractivity contribution >= 4 is 28.3 Å². The van der Waals surface area contributed by atoms with E-state index in [0.717, 1.165) is 22.4 Å². The number of carbonyl (C=O) groups excluding carboxylic acids is 1. The Kier molecular flexibility index (Phi) is 12.6. The molecule has 10 heteroatoms. The van der Waals surface area contributed by atoms with E-state index in [9.17, 15) is 25.2 Å². The Labute approximate surface area is 245 Å². The van der Waals surface area contributed by atoms with Crippen LogP contribution in [0.15, 0.2) is 40.8 Å². The Bertz CT molecular complexity index is 1220. The van der Waals surface area contributed by atoms with Gasteiger partial charge in [0.1, 0.15) is 29.8 Å². The van der Waals surface area contributed by atoms with Gasteiger partial charge in [-0.3, -0.25) is 4.79 Å². The van der Waals surface area contributed by atoms with Crippen LogP contribution in [0.3, 0.4) is 0 Å². The van der Waals surface area contributed by atoms with Crippen LogP contribution >= 0.6 is 11.3 Å². The van der Waals surface area contributed by atoms with Crippen LogP contribution < -0.4 is 10.5 Å². The van der Waals surface area contributed by atoms with E-state index in [4.69, 9.17) is 19.6 Å². The third-order valence-electron chi connectivity index (χ3n) is 7.16. The first-order valence-corrected chi connectivity index (χ1v) is 15.2. The highest BCUT2D eigenvalue weighted by molar-refractivity contribution is 7.15. The van der Waals surface area contributed by atoms with Crippen molar-refractivity contribution in [2.75, 3.05) is 19.8 Å². The Morgan fingerprint density at radius 2 is 1.76 bits per heavy atom. The first kappa shape index (κ1) is 33.0. The maximum absolute atomic E-state index is 11.9. The van der Waals surface area contributed by atoms with E-state index in [1.807, 2.05) is 12.1 Å². The fraction of sp³-hybridized carbons (Fsp3) is 0.581. The summed E-state index contributed by atoms with van der Waals surface area (Å²) < 4.78 is 16.9. The van der Waals surface area contributed by atoms with Crippen LogP contribution in [-0.4, -0.2) is 70.6 Å². The van der Waals surface area contributed by atoms with E-state index >= 15 is 0 Å². The summed E-state index contributed by atoms with van der Waals surface area (Å²) in [5, 5.41) is 42.1. The molecule has 6 N–H and O–H groups in total. The number of hydrogen-bond donors (Lipinski definition) is 5. The second-order valence-corrected chi connectivity index (χ2v) is 12.4. The number of carbonyl (C=O) groups is 1. The molecule has 0 saturated heterocycles. The molecular formula is C31H45NO8S. The van der Waals surface area contributed by atoms with E-state index in [0.29, 0.717) is 17.8 Å². The standard InChI is InChI=1S/C31H45NO8S/c1-4-5-6-8-22-12-13-29(41-22)28-15-20-10-11-21(16-27(20)40-28)39-18-26(36)25(35)17-24(34)23(33)9-7-14-38-30(37)31(2,3)19-32/h10-13,15-16,23-26,33-36H,4-9,14,17-19,32H2,1-3H3. The summed E-state index contributed by atoms with van der Waals surface area (Å²) in [6.07, 6.45) is -0.0752. The molecule has 2 aromatic heterocycles. The Morgan fingerprint density at radius 1 is 1.00 bits per heavy atom. The highest BCUT2D eigenvalue weighted by atomic mass is 32.1. The smallest absolute Gasteiger partial charge is 0.312 e. The molecule has 0 bridgehead atoms. The average Bonchev–Trinajstić information content (AvgIpc) is 3.60. The summed E-state index contributed by atoms with van der Waals surface area (Å²) in [4.78, 5) is 14.3. The molecule has 3 rings (SSSR count). The fourth-order valence-electron chi connectivity index (χ4n) is 4.20. The summed E-state index contributed by atoms with van der Waals surface area (Å²) in [7, 11) is 0. The molecule has 0 saturated carbocycles. The minimum Gasteiger partial charge on any atom is -0.491 e. The van der Waals surface area contributed by atoms with Gasteiger partial charge in [-0.2, -0.15) is 0 Å². The SMILES string of the molecule is CCCCCc1ccc(-c2cc3ccc(OCC(O)C(O)CC(O)C(O)CCCOC(=O)C(C)(C)CN)cc3o2)s1. The fourth-order valence-corrected chi connectivity index (χ4v) is 5.20. The Hall–Kier alpha value is -2.47. The van der Waals surface area contributed by atoms with Gasteiger partial charge >= 0.3 is 5.97 Å². The number of rotatable bonds is 18. The lowest BCUT2D eigenvalue weighted by Gasteiger charge is -2.24. The number of hydrogen-bond acceptors (Lipinski definition) is 10. The first-order valence-electron chi connectivity index (χ1n) is 14.4. The summed E-state index contributed by atoms with van der Waals surface area (Å²) in [6, 6.07) is 11.6. The molecule has 0 aliphatic carbocycles. The molecular weight excluding hydrogens is 546 g/mol.